The van der Waals surface area contributed by atoms with Crippen molar-refractivity contribution in [2.75, 3.05) is 13.2 Å². The molecule has 0 aromatic heterocycles. The molecule has 1 amide bonds. The Kier molecular flexibility index (Phi) is 52.5. The Morgan fingerprint density at radius 2 is 0.808 bits per heavy atom. The predicted octanol–water partition coefficient (Wildman–Crippen LogP) is 16.5. The van der Waals surface area contributed by atoms with E-state index in [1.807, 2.05) is 6.08 Å². The molecular formula is C69H115NO8. The SMILES string of the molecule is CC/C=C\C/C=C\C/C=C\C/C=C\C/C=C\C/C=C\C/C=C\C/C=C\CCCCCCCCCCCCCCCCCCC(=O)NC(COC1OC(CO)C(O)C(O)C1O)C(O)/C=C/CC/C=C/CC/C=C/CCCCCC. The second-order valence-electron chi connectivity index (χ2n) is 21.1. The molecule has 7 atom stereocenters. The molecule has 444 valence electrons. The number of amides is 1. The number of rotatable bonds is 52. The van der Waals surface area contributed by atoms with Crippen LogP contribution in [0.1, 0.15) is 239 Å². The van der Waals surface area contributed by atoms with Gasteiger partial charge in [0.25, 0.3) is 0 Å². The summed E-state index contributed by atoms with van der Waals surface area (Å²) in [4.78, 5) is 13.1. The summed E-state index contributed by atoms with van der Waals surface area (Å²) in [5, 5.41) is 54.4. The highest BCUT2D eigenvalue weighted by atomic mass is 16.7. The van der Waals surface area contributed by atoms with Crippen LogP contribution in [0.25, 0.3) is 0 Å². The lowest BCUT2D eigenvalue weighted by Gasteiger charge is -2.40. The van der Waals surface area contributed by atoms with Crippen molar-refractivity contribution in [3.63, 3.8) is 0 Å². The van der Waals surface area contributed by atoms with Crippen molar-refractivity contribution in [2.45, 2.75) is 281 Å². The van der Waals surface area contributed by atoms with Gasteiger partial charge in [0.2, 0.25) is 5.91 Å². The molecule has 9 nitrogen and oxygen atoms in total. The number of carbonyl (C=O) groups excluding carboxylic acids is 1. The average Bonchev–Trinajstić information content (AvgIpc) is 3.46. The zero-order valence-electron chi connectivity index (χ0n) is 49.4. The predicted molar refractivity (Wildman–Crippen MR) is 331 cm³/mol. The number of aliphatic hydroxyl groups is 5. The molecule has 1 aliphatic heterocycles. The van der Waals surface area contributed by atoms with Gasteiger partial charge in [-0.05, 0) is 109 Å². The Morgan fingerprint density at radius 1 is 0.449 bits per heavy atom. The third kappa shape index (κ3) is 45.1. The van der Waals surface area contributed by atoms with Crippen LogP contribution in [0.2, 0.25) is 0 Å². The van der Waals surface area contributed by atoms with Crippen molar-refractivity contribution >= 4 is 5.91 Å². The quantitative estimate of drug-likeness (QED) is 0.0261. The summed E-state index contributed by atoms with van der Waals surface area (Å²) in [7, 11) is 0. The van der Waals surface area contributed by atoms with E-state index in [4.69, 9.17) is 9.47 Å². The Morgan fingerprint density at radius 3 is 1.23 bits per heavy atom. The molecule has 0 radical (unpaired) electrons. The van der Waals surface area contributed by atoms with Gasteiger partial charge in [0.15, 0.2) is 6.29 Å². The maximum absolute atomic E-state index is 13.1. The van der Waals surface area contributed by atoms with Crippen LogP contribution < -0.4 is 5.32 Å². The third-order valence-electron chi connectivity index (χ3n) is 13.9. The standard InChI is InChI=1S/C69H115NO8/c1-3-5-7-9-11-13-15-17-19-20-21-22-23-24-25-26-27-28-29-30-31-32-33-34-35-36-37-38-39-40-41-42-43-44-45-47-49-51-53-55-57-59-65(73)70-62(61-77-69-68(76)67(75)66(74)64(60-71)78-69)63(72)58-56-54-52-50-48-46-18-16-14-12-10-8-6-4-2/h5,7,11,13-14,16-17,19,21-22,24-25,27-28,30-31,33-34,48,50,56,58,62-64,66-69,71-72,74-76H,3-4,6,8-10,12,15,18,20,23,26,29,32,35-47,49,51-55,57,59-61H2,1-2H3,(H,70,73)/b7-5-,13-11-,16-14+,19-17-,22-21-,25-24-,28-27-,31-30-,34-33-,50-48+,58-56+. The second-order valence-corrected chi connectivity index (χ2v) is 21.1. The Hall–Kier alpha value is -3.67. The number of nitrogens with one attached hydrogen (secondary N) is 1. The number of unbranched alkanes of at least 4 members (excludes halogenated alkanes) is 22. The number of ether oxygens (including phenoxy) is 2. The summed E-state index contributed by atoms with van der Waals surface area (Å²) < 4.78 is 11.2. The van der Waals surface area contributed by atoms with E-state index in [1.165, 1.54) is 116 Å². The first-order valence-corrected chi connectivity index (χ1v) is 31.4. The van der Waals surface area contributed by atoms with Crippen LogP contribution in [-0.4, -0.2) is 87.5 Å². The average molecular weight is 1090 g/mol. The molecule has 0 spiro atoms. The van der Waals surface area contributed by atoms with Gasteiger partial charge in [-0.15, -0.1) is 0 Å². The van der Waals surface area contributed by atoms with E-state index in [1.54, 1.807) is 6.08 Å². The van der Waals surface area contributed by atoms with Gasteiger partial charge in [-0.1, -0.05) is 257 Å². The first kappa shape index (κ1) is 72.3. The molecular weight excluding hydrogens is 971 g/mol. The van der Waals surface area contributed by atoms with Crippen molar-refractivity contribution in [1.29, 1.82) is 0 Å². The highest BCUT2D eigenvalue weighted by Gasteiger charge is 2.44. The van der Waals surface area contributed by atoms with Gasteiger partial charge in [-0.2, -0.15) is 0 Å². The van der Waals surface area contributed by atoms with Crippen molar-refractivity contribution in [2.24, 2.45) is 0 Å². The Labute approximate surface area is 477 Å². The lowest BCUT2D eigenvalue weighted by atomic mass is 9.99. The van der Waals surface area contributed by atoms with Crippen molar-refractivity contribution < 1.29 is 39.8 Å². The maximum Gasteiger partial charge on any atom is 0.220 e. The molecule has 0 aliphatic carbocycles. The molecule has 7 unspecified atom stereocenters. The third-order valence-corrected chi connectivity index (χ3v) is 13.9. The van der Waals surface area contributed by atoms with E-state index in [0.29, 0.717) is 6.42 Å². The van der Waals surface area contributed by atoms with Crippen molar-refractivity contribution in [3.8, 4) is 0 Å². The van der Waals surface area contributed by atoms with Gasteiger partial charge in [-0.25, -0.2) is 0 Å². The summed E-state index contributed by atoms with van der Waals surface area (Å²) in [6.45, 7) is 3.61. The smallest absolute Gasteiger partial charge is 0.220 e. The maximum atomic E-state index is 13.1. The minimum absolute atomic E-state index is 0.195. The number of carbonyl (C=O) groups is 1. The number of hydrogen-bond donors (Lipinski definition) is 6. The van der Waals surface area contributed by atoms with Crippen LogP contribution >= 0.6 is 0 Å². The lowest BCUT2D eigenvalue weighted by molar-refractivity contribution is -0.302. The minimum atomic E-state index is -1.58. The van der Waals surface area contributed by atoms with Crippen molar-refractivity contribution in [1.82, 2.24) is 5.32 Å². The molecule has 9 heteroatoms. The summed E-state index contributed by atoms with van der Waals surface area (Å²) in [6.07, 6.45) is 79.7. The summed E-state index contributed by atoms with van der Waals surface area (Å²) in [6, 6.07) is -0.834. The molecule has 0 saturated carbocycles. The highest BCUT2D eigenvalue weighted by Crippen LogP contribution is 2.23. The zero-order chi connectivity index (χ0) is 56.5. The Bertz CT molecular complexity index is 1690. The van der Waals surface area contributed by atoms with E-state index in [-0.39, 0.29) is 12.5 Å². The highest BCUT2D eigenvalue weighted by molar-refractivity contribution is 5.76. The molecule has 0 bridgehead atoms. The van der Waals surface area contributed by atoms with Crippen LogP contribution in [-0.2, 0) is 14.3 Å². The molecule has 1 heterocycles. The summed E-state index contributed by atoms with van der Waals surface area (Å²) in [5.74, 6) is -0.195. The molecule has 1 saturated heterocycles. The number of aliphatic hydroxyl groups excluding tert-OH is 5. The van der Waals surface area contributed by atoms with Gasteiger partial charge in [0.1, 0.15) is 24.4 Å². The van der Waals surface area contributed by atoms with E-state index >= 15 is 0 Å². The number of allylic oxidation sites excluding steroid dienone is 21. The van der Waals surface area contributed by atoms with Gasteiger partial charge < -0.3 is 40.3 Å². The topological polar surface area (TPSA) is 149 Å². The van der Waals surface area contributed by atoms with Gasteiger partial charge >= 0.3 is 0 Å². The second kappa shape index (κ2) is 56.6. The van der Waals surface area contributed by atoms with Crippen LogP contribution in [0, 0.1) is 0 Å². The molecule has 78 heavy (non-hydrogen) atoms. The van der Waals surface area contributed by atoms with E-state index in [9.17, 15) is 30.3 Å². The van der Waals surface area contributed by atoms with Crippen LogP contribution in [0.4, 0.5) is 0 Å². The van der Waals surface area contributed by atoms with E-state index in [2.05, 4.69) is 141 Å². The molecule has 1 aliphatic rings. The normalized spacial score (nSPS) is 19.6. The molecule has 1 rings (SSSR count). The van der Waals surface area contributed by atoms with Gasteiger partial charge in [0, 0.05) is 6.42 Å². The van der Waals surface area contributed by atoms with E-state index < -0.39 is 49.5 Å². The zero-order valence-corrected chi connectivity index (χ0v) is 49.4. The molecule has 6 N–H and O–H groups in total. The first-order valence-electron chi connectivity index (χ1n) is 31.4. The van der Waals surface area contributed by atoms with E-state index in [0.717, 1.165) is 103 Å². The largest absolute Gasteiger partial charge is 0.394 e. The monoisotopic (exact) mass is 1090 g/mol. The first-order chi connectivity index (χ1) is 38.3. The fourth-order valence-corrected chi connectivity index (χ4v) is 9.03. The fourth-order valence-electron chi connectivity index (χ4n) is 9.03. The van der Waals surface area contributed by atoms with Gasteiger partial charge in [0.05, 0.1) is 25.4 Å². The molecule has 0 aromatic carbocycles. The number of hydrogen-bond acceptors (Lipinski definition) is 8. The van der Waals surface area contributed by atoms with Crippen molar-refractivity contribution in [3.05, 3.63) is 134 Å². The lowest BCUT2D eigenvalue weighted by Crippen LogP contribution is -2.60. The van der Waals surface area contributed by atoms with Crippen LogP contribution in [0.5, 0.6) is 0 Å². The fraction of sp³-hybridized carbons (Fsp3) is 0.667. The van der Waals surface area contributed by atoms with Crippen LogP contribution in [0.15, 0.2) is 134 Å². The summed E-state index contributed by atoms with van der Waals surface area (Å²) >= 11 is 0. The van der Waals surface area contributed by atoms with Gasteiger partial charge in [-0.3, -0.25) is 4.79 Å². The van der Waals surface area contributed by atoms with Crippen LogP contribution in [0.3, 0.4) is 0 Å². The molecule has 1 fully saturated rings. The Balaban J connectivity index is 2.10. The summed E-state index contributed by atoms with van der Waals surface area (Å²) in [5.41, 5.74) is 0. The molecule has 0 aromatic rings. The minimum Gasteiger partial charge on any atom is -0.394 e.